The molecule has 6 heteroatoms. The van der Waals surface area contributed by atoms with Gasteiger partial charge >= 0.3 is 5.97 Å². The van der Waals surface area contributed by atoms with Crippen LogP contribution in [0, 0.1) is 0 Å². The summed E-state index contributed by atoms with van der Waals surface area (Å²) >= 11 is 0. The molecule has 0 saturated carbocycles. The number of nitrogens with one attached hydrogen (secondary N) is 1. The van der Waals surface area contributed by atoms with Crippen LogP contribution >= 0.6 is 0 Å². The molecule has 0 aliphatic carbocycles. The molecule has 0 unspecified atom stereocenters. The van der Waals surface area contributed by atoms with E-state index in [1.807, 2.05) is 0 Å². The predicted octanol–water partition coefficient (Wildman–Crippen LogP) is 1.06. The van der Waals surface area contributed by atoms with Gasteiger partial charge in [0.05, 0.1) is 17.9 Å². The fraction of sp³-hybridized carbons (Fsp3) is 0.308. The summed E-state index contributed by atoms with van der Waals surface area (Å²) in [4.78, 5) is 22.6. The highest BCUT2D eigenvalue weighted by atomic mass is 16.5. The van der Waals surface area contributed by atoms with E-state index < -0.39 is 5.97 Å². The van der Waals surface area contributed by atoms with Gasteiger partial charge in [-0.3, -0.25) is 4.79 Å². The molecule has 0 spiro atoms. The molecule has 0 aromatic heterocycles. The van der Waals surface area contributed by atoms with Crippen LogP contribution in [0.3, 0.4) is 0 Å². The van der Waals surface area contributed by atoms with Crippen LogP contribution in [0.15, 0.2) is 23.3 Å². The smallest absolute Gasteiger partial charge is 0.338 e. The van der Waals surface area contributed by atoms with Crippen molar-refractivity contribution >= 4 is 23.3 Å². The van der Waals surface area contributed by atoms with Gasteiger partial charge in [0.1, 0.15) is 0 Å². The molecule has 0 fully saturated rings. The van der Waals surface area contributed by atoms with E-state index in [4.69, 9.17) is 10.5 Å². The number of ether oxygens (including phenoxy) is 1. The number of nitrogens with zero attached hydrogens (tertiary/aromatic N) is 1. The van der Waals surface area contributed by atoms with Crippen LogP contribution in [0.2, 0.25) is 0 Å². The number of benzene rings is 1. The van der Waals surface area contributed by atoms with Crippen LogP contribution in [0.1, 0.15) is 35.7 Å². The molecule has 1 aliphatic heterocycles. The molecule has 2 rings (SSSR count). The fourth-order valence-electron chi connectivity index (χ4n) is 1.84. The first-order chi connectivity index (χ1) is 9.11. The molecule has 0 bridgehead atoms. The first-order valence-electron chi connectivity index (χ1n) is 6.04. The van der Waals surface area contributed by atoms with E-state index in [2.05, 4.69) is 10.5 Å². The SMILES string of the molecule is CCOC(=O)c1ccc(C2=NNC(=O)CC2)c(N)c1. The second kappa shape index (κ2) is 5.51. The molecule has 6 nitrogen and oxygen atoms in total. The Hall–Kier alpha value is -2.37. The molecule has 1 heterocycles. The van der Waals surface area contributed by atoms with Gasteiger partial charge in [-0.05, 0) is 19.1 Å². The van der Waals surface area contributed by atoms with Gasteiger partial charge in [0.2, 0.25) is 5.91 Å². The van der Waals surface area contributed by atoms with E-state index in [9.17, 15) is 9.59 Å². The highest BCUT2D eigenvalue weighted by molar-refractivity contribution is 6.08. The van der Waals surface area contributed by atoms with Gasteiger partial charge in [0.15, 0.2) is 0 Å². The van der Waals surface area contributed by atoms with E-state index in [0.717, 1.165) is 5.56 Å². The lowest BCUT2D eigenvalue weighted by Crippen LogP contribution is -2.26. The molecule has 0 saturated heterocycles. The molecular weight excluding hydrogens is 246 g/mol. The van der Waals surface area contributed by atoms with E-state index in [0.29, 0.717) is 36.4 Å². The highest BCUT2D eigenvalue weighted by Crippen LogP contribution is 2.19. The van der Waals surface area contributed by atoms with Crippen molar-refractivity contribution in [2.24, 2.45) is 5.10 Å². The number of hydrogen-bond acceptors (Lipinski definition) is 5. The Morgan fingerprint density at radius 2 is 2.26 bits per heavy atom. The zero-order valence-electron chi connectivity index (χ0n) is 10.6. The minimum Gasteiger partial charge on any atom is -0.462 e. The number of esters is 1. The number of carbonyl (C=O) groups is 2. The Balaban J connectivity index is 2.25. The molecule has 100 valence electrons. The monoisotopic (exact) mass is 261 g/mol. The Bertz CT molecular complexity index is 552. The highest BCUT2D eigenvalue weighted by Gasteiger charge is 2.16. The van der Waals surface area contributed by atoms with Crippen LogP contribution in [0.4, 0.5) is 5.69 Å². The summed E-state index contributed by atoms with van der Waals surface area (Å²) in [5.74, 6) is -0.509. The third-order valence-electron chi connectivity index (χ3n) is 2.78. The van der Waals surface area contributed by atoms with Gasteiger partial charge in [0.25, 0.3) is 0 Å². The van der Waals surface area contributed by atoms with Gasteiger partial charge in [0, 0.05) is 24.1 Å². The molecule has 0 atom stereocenters. The average Bonchev–Trinajstić information content (AvgIpc) is 2.40. The second-order valence-electron chi connectivity index (χ2n) is 4.12. The number of rotatable bonds is 3. The number of anilines is 1. The summed E-state index contributed by atoms with van der Waals surface area (Å²) in [6.07, 6.45) is 0.923. The van der Waals surface area contributed by atoms with Crippen LogP contribution in [0.25, 0.3) is 0 Å². The third kappa shape index (κ3) is 2.90. The van der Waals surface area contributed by atoms with Crippen molar-refractivity contribution in [3.63, 3.8) is 0 Å². The zero-order chi connectivity index (χ0) is 13.8. The van der Waals surface area contributed by atoms with Crippen molar-refractivity contribution in [1.29, 1.82) is 0 Å². The van der Waals surface area contributed by atoms with Crippen LogP contribution < -0.4 is 11.2 Å². The van der Waals surface area contributed by atoms with Crippen molar-refractivity contribution in [3.8, 4) is 0 Å². The summed E-state index contributed by atoms with van der Waals surface area (Å²) < 4.78 is 4.90. The average molecular weight is 261 g/mol. The van der Waals surface area contributed by atoms with Crippen molar-refractivity contribution in [3.05, 3.63) is 29.3 Å². The van der Waals surface area contributed by atoms with Crippen molar-refractivity contribution in [2.75, 3.05) is 12.3 Å². The predicted molar refractivity (Wildman–Crippen MR) is 70.7 cm³/mol. The Morgan fingerprint density at radius 1 is 1.47 bits per heavy atom. The van der Waals surface area contributed by atoms with E-state index in [1.54, 1.807) is 25.1 Å². The number of carbonyl (C=O) groups excluding carboxylic acids is 2. The molecule has 0 radical (unpaired) electrons. The van der Waals surface area contributed by atoms with Crippen LogP contribution in [0.5, 0.6) is 0 Å². The normalized spacial score (nSPS) is 14.6. The summed E-state index contributed by atoms with van der Waals surface area (Å²) in [5.41, 5.74) is 10.6. The van der Waals surface area contributed by atoms with E-state index in [1.165, 1.54) is 0 Å². The maximum atomic E-state index is 11.6. The van der Waals surface area contributed by atoms with E-state index >= 15 is 0 Å². The molecule has 1 amide bonds. The quantitative estimate of drug-likeness (QED) is 0.628. The Morgan fingerprint density at radius 3 is 2.84 bits per heavy atom. The van der Waals surface area contributed by atoms with Crippen molar-refractivity contribution in [1.82, 2.24) is 5.43 Å². The van der Waals surface area contributed by atoms with E-state index in [-0.39, 0.29) is 5.91 Å². The maximum absolute atomic E-state index is 11.6. The van der Waals surface area contributed by atoms with Gasteiger partial charge in [-0.25, -0.2) is 10.2 Å². The molecular formula is C13H15N3O3. The minimum absolute atomic E-state index is 0.106. The largest absolute Gasteiger partial charge is 0.462 e. The van der Waals surface area contributed by atoms with Gasteiger partial charge in [-0.1, -0.05) is 6.07 Å². The Kier molecular flexibility index (Phi) is 3.79. The summed E-state index contributed by atoms with van der Waals surface area (Å²) in [7, 11) is 0. The number of nitrogen functional groups attached to an aromatic ring is 1. The lowest BCUT2D eigenvalue weighted by Gasteiger charge is -2.14. The van der Waals surface area contributed by atoms with Crippen molar-refractivity contribution in [2.45, 2.75) is 19.8 Å². The van der Waals surface area contributed by atoms with Gasteiger partial charge < -0.3 is 10.5 Å². The summed E-state index contributed by atoms with van der Waals surface area (Å²) in [6, 6.07) is 4.92. The molecule has 1 aromatic rings. The first-order valence-corrected chi connectivity index (χ1v) is 6.04. The second-order valence-corrected chi connectivity index (χ2v) is 4.12. The number of nitrogens with two attached hydrogens (primary N) is 1. The lowest BCUT2D eigenvalue weighted by molar-refractivity contribution is -0.121. The molecule has 1 aromatic carbocycles. The standard InChI is InChI=1S/C13H15N3O3/c1-2-19-13(18)8-3-4-9(10(14)7-8)11-5-6-12(17)16-15-11/h3-4,7H,2,5-6,14H2,1H3,(H,16,17). The summed E-state index contributed by atoms with van der Waals surface area (Å²) in [6.45, 7) is 2.06. The molecule has 19 heavy (non-hydrogen) atoms. The Labute approximate surface area is 110 Å². The van der Waals surface area contributed by atoms with Crippen molar-refractivity contribution < 1.29 is 14.3 Å². The lowest BCUT2D eigenvalue weighted by atomic mass is 10.0. The topological polar surface area (TPSA) is 93.8 Å². The maximum Gasteiger partial charge on any atom is 0.338 e. The number of hydrazone groups is 1. The summed E-state index contributed by atoms with van der Waals surface area (Å²) in [5, 5.41) is 3.97. The third-order valence-corrected chi connectivity index (χ3v) is 2.78. The first kappa shape index (κ1) is 13.1. The van der Waals surface area contributed by atoms with Crippen LogP contribution in [-0.4, -0.2) is 24.2 Å². The zero-order valence-corrected chi connectivity index (χ0v) is 10.6. The minimum atomic E-state index is -0.403. The number of amides is 1. The molecule has 3 N–H and O–H groups in total. The fourth-order valence-corrected chi connectivity index (χ4v) is 1.84. The number of hydrogen-bond donors (Lipinski definition) is 2. The molecule has 1 aliphatic rings. The van der Waals surface area contributed by atoms with Gasteiger partial charge in [-0.15, -0.1) is 0 Å². The van der Waals surface area contributed by atoms with Crippen LogP contribution in [-0.2, 0) is 9.53 Å². The van der Waals surface area contributed by atoms with Gasteiger partial charge in [-0.2, -0.15) is 5.10 Å².